The maximum Gasteiger partial charge on any atom is 0.224 e. The molecule has 0 aromatic carbocycles. The lowest BCUT2D eigenvalue weighted by Gasteiger charge is -2.31. The molecular formula is C13H29N3O. The minimum atomic E-state index is 0.00751. The Morgan fingerprint density at radius 2 is 1.88 bits per heavy atom. The molecule has 2 N–H and O–H groups in total. The predicted molar refractivity (Wildman–Crippen MR) is 72.9 cm³/mol. The predicted octanol–water partition coefficient (Wildman–Crippen LogP) is 1.30. The van der Waals surface area contributed by atoms with Crippen LogP contribution in [0.5, 0.6) is 0 Å². The summed E-state index contributed by atoms with van der Waals surface area (Å²) in [5.41, 5.74) is 5.92. The third kappa shape index (κ3) is 6.64. The quantitative estimate of drug-likeness (QED) is 0.699. The number of amides is 1. The van der Waals surface area contributed by atoms with E-state index in [0.717, 1.165) is 25.9 Å². The van der Waals surface area contributed by atoms with Crippen LogP contribution in [-0.2, 0) is 4.79 Å². The van der Waals surface area contributed by atoms with Gasteiger partial charge in [0.15, 0.2) is 0 Å². The van der Waals surface area contributed by atoms with Gasteiger partial charge in [-0.1, -0.05) is 13.3 Å². The van der Waals surface area contributed by atoms with Gasteiger partial charge in [-0.3, -0.25) is 4.79 Å². The van der Waals surface area contributed by atoms with Crippen molar-refractivity contribution in [2.75, 3.05) is 27.2 Å². The fourth-order valence-corrected chi connectivity index (χ4v) is 2.18. The zero-order valence-corrected chi connectivity index (χ0v) is 12.1. The van der Waals surface area contributed by atoms with Gasteiger partial charge in [0, 0.05) is 31.6 Å². The van der Waals surface area contributed by atoms with Crippen LogP contribution in [0.4, 0.5) is 0 Å². The molecule has 17 heavy (non-hydrogen) atoms. The molecule has 4 nitrogen and oxygen atoms in total. The van der Waals surface area contributed by atoms with Gasteiger partial charge < -0.3 is 15.5 Å². The van der Waals surface area contributed by atoms with E-state index in [1.807, 2.05) is 25.9 Å². The van der Waals surface area contributed by atoms with Gasteiger partial charge >= 0.3 is 0 Å². The van der Waals surface area contributed by atoms with Crippen LogP contribution in [0.3, 0.4) is 0 Å². The second kappa shape index (κ2) is 8.48. The molecule has 0 aliphatic rings. The molecule has 2 unspecified atom stereocenters. The van der Waals surface area contributed by atoms with E-state index >= 15 is 0 Å². The summed E-state index contributed by atoms with van der Waals surface area (Å²) in [6, 6.07) is 0.254. The Morgan fingerprint density at radius 1 is 1.29 bits per heavy atom. The summed E-state index contributed by atoms with van der Waals surface area (Å²) >= 11 is 0. The highest BCUT2D eigenvalue weighted by atomic mass is 16.2. The van der Waals surface area contributed by atoms with E-state index in [0.29, 0.717) is 6.42 Å². The molecule has 0 aliphatic heterocycles. The van der Waals surface area contributed by atoms with E-state index in [2.05, 4.69) is 18.7 Å². The van der Waals surface area contributed by atoms with Crippen molar-refractivity contribution >= 4 is 5.91 Å². The minimum Gasteiger partial charge on any atom is -0.339 e. The van der Waals surface area contributed by atoms with Gasteiger partial charge in [-0.2, -0.15) is 0 Å². The van der Waals surface area contributed by atoms with E-state index in [4.69, 9.17) is 5.73 Å². The van der Waals surface area contributed by atoms with Crippen LogP contribution >= 0.6 is 0 Å². The molecule has 0 bridgehead atoms. The summed E-state index contributed by atoms with van der Waals surface area (Å²) in [5, 5.41) is 0. The molecule has 0 aliphatic carbocycles. The fourth-order valence-electron chi connectivity index (χ4n) is 2.18. The number of nitrogens with zero attached hydrogens (tertiary/aromatic N) is 2. The first-order valence-electron chi connectivity index (χ1n) is 6.62. The molecule has 1 amide bonds. The van der Waals surface area contributed by atoms with Gasteiger partial charge in [-0.25, -0.2) is 0 Å². The molecule has 102 valence electrons. The second-order valence-corrected chi connectivity index (χ2v) is 5.04. The molecule has 0 heterocycles. The van der Waals surface area contributed by atoms with Crippen LogP contribution in [0.1, 0.15) is 40.0 Å². The first-order chi connectivity index (χ1) is 7.92. The average molecular weight is 243 g/mol. The van der Waals surface area contributed by atoms with Crippen molar-refractivity contribution in [3.8, 4) is 0 Å². The van der Waals surface area contributed by atoms with E-state index in [9.17, 15) is 4.79 Å². The third-order valence-corrected chi connectivity index (χ3v) is 2.92. The lowest BCUT2D eigenvalue weighted by atomic mass is 10.1. The van der Waals surface area contributed by atoms with Crippen molar-refractivity contribution in [2.45, 2.75) is 52.1 Å². The summed E-state index contributed by atoms with van der Waals surface area (Å²) < 4.78 is 0. The largest absolute Gasteiger partial charge is 0.339 e. The average Bonchev–Trinajstić information content (AvgIpc) is 2.17. The van der Waals surface area contributed by atoms with Gasteiger partial charge in [0.05, 0.1) is 0 Å². The van der Waals surface area contributed by atoms with Crippen molar-refractivity contribution in [2.24, 2.45) is 5.73 Å². The highest BCUT2D eigenvalue weighted by Crippen LogP contribution is 2.07. The zero-order chi connectivity index (χ0) is 13.4. The molecule has 0 saturated heterocycles. The van der Waals surface area contributed by atoms with E-state index in [-0.39, 0.29) is 18.0 Å². The fraction of sp³-hybridized carbons (Fsp3) is 0.923. The van der Waals surface area contributed by atoms with Crippen molar-refractivity contribution < 1.29 is 4.79 Å². The van der Waals surface area contributed by atoms with E-state index in [1.54, 1.807) is 0 Å². The monoisotopic (exact) mass is 243 g/mol. The summed E-state index contributed by atoms with van der Waals surface area (Å²) in [6.45, 7) is 7.86. The number of nitrogens with two attached hydrogens (primary N) is 1. The molecule has 4 heteroatoms. The van der Waals surface area contributed by atoms with Crippen molar-refractivity contribution in [1.82, 2.24) is 9.80 Å². The summed E-state index contributed by atoms with van der Waals surface area (Å²) in [6.07, 6.45) is 2.43. The third-order valence-electron chi connectivity index (χ3n) is 2.92. The number of likely N-dealkylation sites (N-methyl/N-ethyl adjacent to an activating group) is 2. The summed E-state index contributed by atoms with van der Waals surface area (Å²) in [4.78, 5) is 16.1. The number of carbonyl (C=O) groups is 1. The Hall–Kier alpha value is -0.610. The topological polar surface area (TPSA) is 49.6 Å². The maximum absolute atomic E-state index is 12.1. The lowest BCUT2D eigenvalue weighted by Crippen LogP contribution is -2.45. The van der Waals surface area contributed by atoms with Gasteiger partial charge in [0.1, 0.15) is 0 Å². The molecule has 0 aromatic heterocycles. The van der Waals surface area contributed by atoms with Crippen LogP contribution in [0, 0.1) is 0 Å². The molecule has 0 rings (SSSR count). The standard InChI is InChI=1S/C13H29N3O/c1-6-8-12(14)9-13(17)16(7-2)11(3)10-15(4)5/h11-12H,6-10,14H2,1-5H3. The Bertz CT molecular complexity index is 219. The molecule has 0 radical (unpaired) electrons. The molecule has 2 atom stereocenters. The highest BCUT2D eigenvalue weighted by molar-refractivity contribution is 5.77. The smallest absolute Gasteiger partial charge is 0.224 e. The summed E-state index contributed by atoms with van der Waals surface area (Å²) in [7, 11) is 4.05. The van der Waals surface area contributed by atoms with Crippen molar-refractivity contribution in [1.29, 1.82) is 0 Å². The van der Waals surface area contributed by atoms with Gasteiger partial charge in [-0.15, -0.1) is 0 Å². The van der Waals surface area contributed by atoms with Crippen LogP contribution in [-0.4, -0.2) is 55.0 Å². The number of hydrogen-bond acceptors (Lipinski definition) is 3. The van der Waals surface area contributed by atoms with Gasteiger partial charge in [0.2, 0.25) is 5.91 Å². The van der Waals surface area contributed by atoms with E-state index in [1.165, 1.54) is 0 Å². The highest BCUT2D eigenvalue weighted by Gasteiger charge is 2.20. The number of rotatable bonds is 8. The summed E-state index contributed by atoms with van der Waals surface area (Å²) in [5.74, 6) is 0.183. The molecule has 0 aromatic rings. The Balaban J connectivity index is 4.29. The molecule has 0 fully saturated rings. The minimum absolute atomic E-state index is 0.00751. The molecule has 0 saturated carbocycles. The van der Waals surface area contributed by atoms with Gasteiger partial charge in [0.25, 0.3) is 0 Å². The van der Waals surface area contributed by atoms with Crippen LogP contribution in [0.25, 0.3) is 0 Å². The first kappa shape index (κ1) is 16.4. The SMILES string of the molecule is CCCC(N)CC(=O)N(CC)C(C)CN(C)C. The van der Waals surface area contributed by atoms with E-state index < -0.39 is 0 Å². The molecular weight excluding hydrogens is 214 g/mol. The Morgan fingerprint density at radius 3 is 2.29 bits per heavy atom. The zero-order valence-electron chi connectivity index (χ0n) is 12.1. The normalized spacial score (nSPS) is 14.8. The number of hydrogen-bond donors (Lipinski definition) is 1. The van der Waals surface area contributed by atoms with Crippen LogP contribution in [0.15, 0.2) is 0 Å². The van der Waals surface area contributed by atoms with Crippen LogP contribution in [0.2, 0.25) is 0 Å². The Labute approximate surface area is 106 Å². The van der Waals surface area contributed by atoms with Gasteiger partial charge in [-0.05, 0) is 34.4 Å². The maximum atomic E-state index is 12.1. The van der Waals surface area contributed by atoms with Crippen LogP contribution < -0.4 is 5.73 Å². The first-order valence-corrected chi connectivity index (χ1v) is 6.62. The van der Waals surface area contributed by atoms with Crippen molar-refractivity contribution in [3.63, 3.8) is 0 Å². The molecule has 0 spiro atoms. The Kier molecular flexibility index (Phi) is 8.17. The van der Waals surface area contributed by atoms with Crippen molar-refractivity contribution in [3.05, 3.63) is 0 Å². The number of carbonyl (C=O) groups excluding carboxylic acids is 1. The lowest BCUT2D eigenvalue weighted by molar-refractivity contribution is -0.133. The second-order valence-electron chi connectivity index (χ2n) is 5.04.